The first-order valence-corrected chi connectivity index (χ1v) is 9.63. The summed E-state index contributed by atoms with van der Waals surface area (Å²) in [5, 5.41) is 0.935. The second-order valence-electron chi connectivity index (χ2n) is 6.70. The van der Waals surface area contributed by atoms with Crippen molar-refractivity contribution < 1.29 is 18.7 Å². The Kier molecular flexibility index (Phi) is 5.20. The number of esters is 1. The van der Waals surface area contributed by atoms with Crippen LogP contribution in [0.4, 0.5) is 0 Å². The maximum Gasteiger partial charge on any atom is 0.340 e. The Morgan fingerprint density at radius 2 is 2.00 bits per heavy atom. The highest BCUT2D eigenvalue weighted by Gasteiger charge is 2.28. The number of hydrogen-bond donors (Lipinski definition) is 0. The molecule has 0 bridgehead atoms. The SMILES string of the molecule is CCc1ccc2oc(-c3ccc(Cl)cc3)c(OC(=O)[C@@H]3CCCO3)c(=O)c2c1. The molecular formula is C22H19ClO5. The molecule has 1 aliphatic heterocycles. The van der Waals surface area contributed by atoms with Gasteiger partial charge >= 0.3 is 5.97 Å². The lowest BCUT2D eigenvalue weighted by atomic mass is 10.1. The molecule has 3 aromatic rings. The molecule has 5 nitrogen and oxygen atoms in total. The first-order valence-electron chi connectivity index (χ1n) is 9.26. The van der Waals surface area contributed by atoms with Crippen molar-refractivity contribution in [1.29, 1.82) is 0 Å². The van der Waals surface area contributed by atoms with Crippen molar-refractivity contribution >= 4 is 28.5 Å². The summed E-state index contributed by atoms with van der Waals surface area (Å²) in [6.07, 6.45) is 1.48. The lowest BCUT2D eigenvalue weighted by Gasteiger charge is -2.13. The Morgan fingerprint density at radius 1 is 1.21 bits per heavy atom. The van der Waals surface area contributed by atoms with Gasteiger partial charge in [0.25, 0.3) is 0 Å². The van der Waals surface area contributed by atoms with Crippen LogP contribution in [-0.2, 0) is 16.0 Å². The minimum Gasteiger partial charge on any atom is -0.452 e. The van der Waals surface area contributed by atoms with E-state index in [1.165, 1.54) is 0 Å². The minimum absolute atomic E-state index is 0.122. The van der Waals surface area contributed by atoms with Crippen LogP contribution in [0.3, 0.4) is 0 Å². The average molecular weight is 399 g/mol. The third kappa shape index (κ3) is 3.55. The molecule has 1 aliphatic rings. The van der Waals surface area contributed by atoms with Crippen molar-refractivity contribution in [2.75, 3.05) is 6.61 Å². The van der Waals surface area contributed by atoms with Crippen molar-refractivity contribution in [1.82, 2.24) is 0 Å². The maximum atomic E-state index is 13.2. The van der Waals surface area contributed by atoms with Crippen LogP contribution in [0.5, 0.6) is 5.75 Å². The number of halogens is 1. The molecule has 144 valence electrons. The second-order valence-corrected chi connectivity index (χ2v) is 7.14. The highest BCUT2D eigenvalue weighted by atomic mass is 35.5. The zero-order chi connectivity index (χ0) is 19.7. The van der Waals surface area contributed by atoms with Crippen LogP contribution in [0.2, 0.25) is 5.02 Å². The molecule has 0 radical (unpaired) electrons. The van der Waals surface area contributed by atoms with E-state index in [-0.39, 0.29) is 16.9 Å². The molecule has 1 atom stereocenters. The fourth-order valence-corrected chi connectivity index (χ4v) is 3.39. The van der Waals surface area contributed by atoms with E-state index in [1.807, 2.05) is 13.0 Å². The van der Waals surface area contributed by atoms with Gasteiger partial charge in [-0.1, -0.05) is 24.6 Å². The minimum atomic E-state index is -0.657. The summed E-state index contributed by atoms with van der Waals surface area (Å²) in [5.41, 5.74) is 1.64. The first kappa shape index (κ1) is 18.7. The molecule has 1 aromatic heterocycles. The molecule has 0 spiro atoms. The zero-order valence-electron chi connectivity index (χ0n) is 15.4. The highest BCUT2D eigenvalue weighted by Crippen LogP contribution is 2.32. The number of carbonyl (C=O) groups excluding carboxylic acids is 1. The van der Waals surface area contributed by atoms with E-state index in [0.717, 1.165) is 18.4 Å². The van der Waals surface area contributed by atoms with Crippen molar-refractivity contribution in [3.63, 3.8) is 0 Å². The van der Waals surface area contributed by atoms with Crippen LogP contribution in [0, 0.1) is 0 Å². The van der Waals surface area contributed by atoms with Crippen LogP contribution in [0.15, 0.2) is 51.7 Å². The fraction of sp³-hybridized carbons (Fsp3) is 0.273. The number of fused-ring (bicyclic) bond motifs is 1. The summed E-state index contributed by atoms with van der Waals surface area (Å²) in [6, 6.07) is 12.3. The number of ether oxygens (including phenoxy) is 2. The quantitative estimate of drug-likeness (QED) is 0.593. The smallest absolute Gasteiger partial charge is 0.340 e. The van der Waals surface area contributed by atoms with Crippen LogP contribution in [0.25, 0.3) is 22.3 Å². The highest BCUT2D eigenvalue weighted by molar-refractivity contribution is 6.30. The van der Waals surface area contributed by atoms with Crippen LogP contribution in [0.1, 0.15) is 25.3 Å². The summed E-state index contributed by atoms with van der Waals surface area (Å²) < 4.78 is 16.9. The molecule has 28 heavy (non-hydrogen) atoms. The largest absolute Gasteiger partial charge is 0.452 e. The molecule has 2 heterocycles. The maximum absolute atomic E-state index is 13.2. The number of hydrogen-bond acceptors (Lipinski definition) is 5. The average Bonchev–Trinajstić information content (AvgIpc) is 3.25. The number of aryl methyl sites for hydroxylation is 1. The van der Waals surface area contributed by atoms with Gasteiger partial charge in [0.1, 0.15) is 5.58 Å². The topological polar surface area (TPSA) is 65.7 Å². The zero-order valence-corrected chi connectivity index (χ0v) is 16.1. The normalized spacial score (nSPS) is 16.4. The van der Waals surface area contributed by atoms with Crippen LogP contribution >= 0.6 is 11.6 Å². The van der Waals surface area contributed by atoms with E-state index in [9.17, 15) is 9.59 Å². The summed E-state index contributed by atoms with van der Waals surface area (Å²) >= 11 is 5.97. The van der Waals surface area contributed by atoms with Crippen LogP contribution in [-0.4, -0.2) is 18.7 Å². The lowest BCUT2D eigenvalue weighted by molar-refractivity contribution is -0.144. The van der Waals surface area contributed by atoms with Crippen molar-refractivity contribution in [3.8, 4) is 17.1 Å². The fourth-order valence-electron chi connectivity index (χ4n) is 3.26. The number of rotatable bonds is 4. The summed E-state index contributed by atoms with van der Waals surface area (Å²) in [4.78, 5) is 25.7. The third-order valence-electron chi connectivity index (χ3n) is 4.82. The molecular weight excluding hydrogens is 380 g/mol. The molecule has 1 saturated heterocycles. The summed E-state index contributed by atoms with van der Waals surface area (Å²) in [7, 11) is 0. The Morgan fingerprint density at radius 3 is 2.68 bits per heavy atom. The van der Waals surface area contributed by atoms with Crippen molar-refractivity contribution in [2.45, 2.75) is 32.3 Å². The molecule has 0 amide bonds. The van der Waals surface area contributed by atoms with Crippen molar-refractivity contribution in [2.24, 2.45) is 0 Å². The van der Waals surface area contributed by atoms with E-state index < -0.39 is 12.1 Å². The summed E-state index contributed by atoms with van der Waals surface area (Å²) in [5.74, 6) is -0.501. The molecule has 0 saturated carbocycles. The van der Waals surface area contributed by atoms with E-state index in [0.29, 0.717) is 34.6 Å². The molecule has 0 aliphatic carbocycles. The van der Waals surface area contributed by atoms with Crippen molar-refractivity contribution in [3.05, 3.63) is 63.3 Å². The van der Waals surface area contributed by atoms with Gasteiger partial charge in [0.2, 0.25) is 11.2 Å². The van der Waals surface area contributed by atoms with Gasteiger partial charge in [-0.2, -0.15) is 0 Å². The Hall–Kier alpha value is -2.63. The Balaban J connectivity index is 1.88. The predicted octanol–water partition coefficient (Wildman–Crippen LogP) is 4.76. The Bertz CT molecular complexity index is 1080. The van der Waals surface area contributed by atoms with Gasteiger partial charge in [-0.25, -0.2) is 4.79 Å². The van der Waals surface area contributed by atoms with Crippen LogP contribution < -0.4 is 10.2 Å². The van der Waals surface area contributed by atoms with E-state index in [2.05, 4.69) is 0 Å². The Labute approximate surface area is 166 Å². The van der Waals surface area contributed by atoms with Gasteiger partial charge in [-0.15, -0.1) is 0 Å². The molecule has 2 aromatic carbocycles. The standard InChI is InChI=1S/C22H19ClO5/c1-2-13-5-10-17-16(12-13)19(24)21(28-22(25)18-4-3-11-26-18)20(27-17)14-6-8-15(23)9-7-14/h5-10,12,18H,2-4,11H2,1H3/t18-/m0/s1. The van der Waals surface area contributed by atoms with E-state index in [1.54, 1.807) is 36.4 Å². The number of benzene rings is 2. The van der Waals surface area contributed by atoms with Gasteiger partial charge in [0.05, 0.1) is 5.39 Å². The van der Waals surface area contributed by atoms with Gasteiger partial charge in [-0.3, -0.25) is 4.79 Å². The van der Waals surface area contributed by atoms with E-state index in [4.69, 9.17) is 25.5 Å². The first-order chi connectivity index (χ1) is 13.6. The second kappa shape index (κ2) is 7.78. The monoisotopic (exact) mass is 398 g/mol. The van der Waals surface area contributed by atoms with Gasteiger partial charge in [0.15, 0.2) is 11.9 Å². The predicted molar refractivity (Wildman–Crippen MR) is 107 cm³/mol. The van der Waals surface area contributed by atoms with E-state index >= 15 is 0 Å². The van der Waals surface area contributed by atoms with Gasteiger partial charge < -0.3 is 13.9 Å². The molecule has 0 N–H and O–H groups in total. The summed E-state index contributed by atoms with van der Waals surface area (Å²) in [6.45, 7) is 2.51. The number of carbonyl (C=O) groups is 1. The molecule has 1 fully saturated rings. The molecule has 0 unspecified atom stereocenters. The lowest BCUT2D eigenvalue weighted by Crippen LogP contribution is -2.27. The molecule has 4 rings (SSSR count). The third-order valence-corrected chi connectivity index (χ3v) is 5.07. The molecule has 6 heteroatoms. The van der Waals surface area contributed by atoms with Gasteiger partial charge in [-0.05, 0) is 61.2 Å². The van der Waals surface area contributed by atoms with Gasteiger partial charge in [0, 0.05) is 17.2 Å².